The van der Waals surface area contributed by atoms with Crippen molar-refractivity contribution in [1.82, 2.24) is 34.9 Å². The number of anilines is 3. The molecule has 0 saturated heterocycles. The second-order valence-electron chi connectivity index (χ2n) is 16.4. The van der Waals surface area contributed by atoms with E-state index in [0.29, 0.717) is 50.3 Å². The summed E-state index contributed by atoms with van der Waals surface area (Å²) in [5.74, 6) is 2.85. The summed E-state index contributed by atoms with van der Waals surface area (Å²) in [6.45, 7) is 0. The molecule has 10 aromatic rings. The highest BCUT2D eigenvalue weighted by Gasteiger charge is 2.13. The number of nitrogens with one attached hydrogen (secondary N) is 3. The van der Waals surface area contributed by atoms with Gasteiger partial charge in [-0.3, -0.25) is 34.3 Å². The smallest absolute Gasteiger partial charge is 0.255 e. The van der Waals surface area contributed by atoms with E-state index in [2.05, 4.69) is 50.8 Å². The van der Waals surface area contributed by atoms with Crippen molar-refractivity contribution in [3.8, 4) is 11.5 Å². The number of hydrogen-bond acceptors (Lipinski definition) is 15. The number of amides is 3. The fourth-order valence-electron chi connectivity index (χ4n) is 7.24. The van der Waals surface area contributed by atoms with E-state index < -0.39 is 0 Å². The summed E-state index contributed by atoms with van der Waals surface area (Å²) in [6.07, 6.45) is 18.6. The molecule has 78 heavy (non-hydrogen) atoms. The molecule has 4 aromatic heterocycles. The molecule has 4 heterocycles. The number of ether oxygens (including phenoxy) is 2. The van der Waals surface area contributed by atoms with Crippen LogP contribution in [0, 0.1) is 0 Å². The number of halogens is 1. The number of hydrogen-bond donors (Lipinski definition) is 3. The van der Waals surface area contributed by atoms with Gasteiger partial charge in [-0.25, -0.2) is 15.0 Å². The van der Waals surface area contributed by atoms with Crippen LogP contribution in [0.1, 0.15) is 47.8 Å². The van der Waals surface area contributed by atoms with Gasteiger partial charge >= 0.3 is 0 Å². The fraction of sp³-hybridized carbons (Fsp3) is 0.0847. The number of carbonyl (C=O) groups is 3. The van der Waals surface area contributed by atoms with E-state index in [9.17, 15) is 14.4 Å². The number of methoxy groups -OCH3 is 2. The molecule has 3 amide bonds. The van der Waals surface area contributed by atoms with Crippen molar-refractivity contribution in [2.24, 2.45) is 0 Å². The van der Waals surface area contributed by atoms with Gasteiger partial charge in [0, 0.05) is 122 Å². The fourth-order valence-corrected chi connectivity index (χ4v) is 9.66. The van der Waals surface area contributed by atoms with E-state index in [4.69, 9.17) is 21.1 Å². The molecule has 0 radical (unpaired) electrons. The Labute approximate surface area is 468 Å². The van der Waals surface area contributed by atoms with E-state index in [-0.39, 0.29) is 17.7 Å². The van der Waals surface area contributed by atoms with Gasteiger partial charge in [0.1, 0.15) is 15.1 Å². The first-order valence-corrected chi connectivity index (χ1v) is 27.2. The minimum Gasteiger partial charge on any atom is -0.493 e. The first kappa shape index (κ1) is 55.5. The number of thioether (sulfide) groups is 3. The maximum absolute atomic E-state index is 12.7. The van der Waals surface area contributed by atoms with Crippen LogP contribution in [0.15, 0.2) is 223 Å². The largest absolute Gasteiger partial charge is 0.493 e. The summed E-state index contributed by atoms with van der Waals surface area (Å²) in [7, 11) is 3.13. The zero-order chi connectivity index (χ0) is 54.3. The summed E-state index contributed by atoms with van der Waals surface area (Å²) in [6, 6.07) is 42.6. The zero-order valence-corrected chi connectivity index (χ0v) is 45.2. The van der Waals surface area contributed by atoms with Crippen LogP contribution in [0.25, 0.3) is 10.8 Å². The molecule has 0 unspecified atom stereocenters. The lowest BCUT2D eigenvalue weighted by molar-refractivity contribution is 0.101. The van der Waals surface area contributed by atoms with Crippen molar-refractivity contribution in [1.29, 1.82) is 0 Å². The van der Waals surface area contributed by atoms with E-state index in [1.807, 2.05) is 84.9 Å². The molecule has 19 heteroatoms. The number of carbonyl (C=O) groups excluding carboxylic acids is 3. The molecular formula is C59H49ClN10O5S3. The summed E-state index contributed by atoms with van der Waals surface area (Å²) in [4.78, 5) is 66.7. The number of fused-ring (bicyclic) bond motifs is 1. The molecular weight excluding hydrogens is 1060 g/mol. The normalized spacial score (nSPS) is 10.4. The van der Waals surface area contributed by atoms with Gasteiger partial charge in [0.05, 0.1) is 32.8 Å². The molecule has 6 aromatic carbocycles. The van der Waals surface area contributed by atoms with Crippen molar-refractivity contribution in [3.63, 3.8) is 0 Å². The molecule has 0 aliphatic heterocycles. The van der Waals surface area contributed by atoms with Gasteiger partial charge in [0.2, 0.25) is 0 Å². The monoisotopic (exact) mass is 1110 g/mol. The van der Waals surface area contributed by atoms with Gasteiger partial charge in [-0.15, -0.1) is 35.3 Å². The first-order chi connectivity index (χ1) is 38.2. The average molecular weight is 1110 g/mol. The molecule has 0 aliphatic carbocycles. The Morgan fingerprint density at radius 3 is 1.37 bits per heavy atom. The zero-order valence-electron chi connectivity index (χ0n) is 42.0. The standard InChI is InChI=1S/C21H16N4OS.C20H19N3O3S.C18H14ClN3OS/c26-21(25-19-6-2-5-17-12-22-8-7-18(17)19)16-4-1-3-15(11-16)14-27-20-13-23-9-10-24-20;1-25-17-7-6-16(11-18(17)26-2)23-20(24)15-5-3-4-14(10-15)13-27-19-12-21-8-9-22-19;19-15-4-6-16(7-5-15)22-18(23)14-3-1-2-13(10-14)12-24-17-11-20-8-9-21-17/h1-13H,14H2,(H,25,26);3-12H,13H2,1-2H3,(H,23,24);1-11H,12H2,(H,22,23). The van der Waals surface area contributed by atoms with E-state index in [1.54, 1.807) is 172 Å². The van der Waals surface area contributed by atoms with Gasteiger partial charge in [-0.2, -0.15) is 0 Å². The Hall–Kier alpha value is -8.68. The van der Waals surface area contributed by atoms with Crippen molar-refractivity contribution in [2.75, 3.05) is 30.2 Å². The van der Waals surface area contributed by atoms with E-state index in [1.165, 1.54) is 0 Å². The van der Waals surface area contributed by atoms with Gasteiger partial charge in [-0.1, -0.05) is 60.1 Å². The second kappa shape index (κ2) is 29.0. The van der Waals surface area contributed by atoms with Crippen molar-refractivity contribution in [2.45, 2.75) is 32.3 Å². The van der Waals surface area contributed by atoms with Crippen LogP contribution < -0.4 is 25.4 Å². The lowest BCUT2D eigenvalue weighted by atomic mass is 10.1. The quantitative estimate of drug-likeness (QED) is 0.0728. The highest BCUT2D eigenvalue weighted by atomic mass is 35.5. The summed E-state index contributed by atoms with van der Waals surface area (Å²) in [5.41, 5.74) is 7.09. The average Bonchev–Trinajstić information content (AvgIpc) is 3.49. The Kier molecular flexibility index (Phi) is 20.7. The van der Waals surface area contributed by atoms with Crippen LogP contribution in [0.5, 0.6) is 11.5 Å². The molecule has 0 aliphatic rings. The SMILES string of the molecule is COc1ccc(NC(=O)c2cccc(CSc3cnccn3)c2)cc1OC.O=C(Nc1ccc(Cl)cc1)c1cccc(CSc2cnccn2)c1.O=C(Nc1cccc2cnccc12)c1cccc(CSc2cnccn2)c1. The van der Waals surface area contributed by atoms with Crippen LogP contribution in [-0.2, 0) is 17.3 Å². The molecule has 0 spiro atoms. The Morgan fingerprint density at radius 1 is 0.449 bits per heavy atom. The molecule has 390 valence electrons. The van der Waals surface area contributed by atoms with Gasteiger partial charge in [0.25, 0.3) is 17.7 Å². The number of aromatic nitrogens is 7. The number of benzene rings is 6. The number of pyridine rings is 1. The van der Waals surface area contributed by atoms with Gasteiger partial charge < -0.3 is 25.4 Å². The van der Waals surface area contributed by atoms with Crippen LogP contribution in [0.4, 0.5) is 17.1 Å². The Bertz CT molecular complexity index is 3570. The van der Waals surface area contributed by atoms with Gasteiger partial charge in [0.15, 0.2) is 11.5 Å². The van der Waals surface area contributed by atoms with E-state index >= 15 is 0 Å². The predicted octanol–water partition coefficient (Wildman–Crippen LogP) is 13.3. The maximum atomic E-state index is 12.7. The van der Waals surface area contributed by atoms with Crippen molar-refractivity contribution < 1.29 is 23.9 Å². The third-order valence-corrected chi connectivity index (χ3v) is 14.2. The lowest BCUT2D eigenvalue weighted by Gasteiger charge is -2.11. The third kappa shape index (κ3) is 16.9. The summed E-state index contributed by atoms with van der Waals surface area (Å²) < 4.78 is 10.5. The third-order valence-electron chi connectivity index (χ3n) is 11.0. The van der Waals surface area contributed by atoms with Crippen LogP contribution in [0.2, 0.25) is 5.02 Å². The molecule has 15 nitrogen and oxygen atoms in total. The van der Waals surface area contributed by atoms with Crippen LogP contribution in [0.3, 0.4) is 0 Å². The Morgan fingerprint density at radius 2 is 0.897 bits per heavy atom. The summed E-state index contributed by atoms with van der Waals surface area (Å²) >= 11 is 10.6. The van der Waals surface area contributed by atoms with Gasteiger partial charge in [-0.05, 0) is 102 Å². The molecule has 0 fully saturated rings. The molecule has 0 bridgehead atoms. The minimum atomic E-state index is -0.187. The highest BCUT2D eigenvalue weighted by Crippen LogP contribution is 2.31. The number of nitrogens with zero attached hydrogens (tertiary/aromatic N) is 7. The van der Waals surface area contributed by atoms with E-state index in [0.717, 1.165) is 59.7 Å². The summed E-state index contributed by atoms with van der Waals surface area (Å²) in [5, 5.41) is 13.9. The first-order valence-electron chi connectivity index (χ1n) is 23.9. The maximum Gasteiger partial charge on any atom is 0.255 e. The number of rotatable bonds is 17. The Balaban J connectivity index is 0.000000155. The topological polar surface area (TPSA) is 196 Å². The molecule has 10 rings (SSSR count). The minimum absolute atomic E-state index is 0.134. The van der Waals surface area contributed by atoms with Crippen molar-refractivity contribution >= 4 is 92.4 Å². The predicted molar refractivity (Wildman–Crippen MR) is 311 cm³/mol. The second-order valence-corrected chi connectivity index (χ2v) is 19.9. The van der Waals surface area contributed by atoms with Crippen LogP contribution in [-0.4, -0.2) is 66.8 Å². The highest BCUT2D eigenvalue weighted by molar-refractivity contribution is 7.98. The van der Waals surface area contributed by atoms with Crippen LogP contribution >= 0.6 is 46.9 Å². The lowest BCUT2D eigenvalue weighted by Crippen LogP contribution is -2.12. The van der Waals surface area contributed by atoms with Crippen molar-refractivity contribution in [3.05, 3.63) is 246 Å². The molecule has 0 saturated carbocycles. The molecule has 3 N–H and O–H groups in total. The molecule has 0 atom stereocenters.